The molecule has 0 aliphatic carbocycles. The lowest BCUT2D eigenvalue weighted by Crippen LogP contribution is -2.27. The maximum absolute atomic E-state index is 11.7. The maximum atomic E-state index is 11.7. The number of carbonyl (C=O) groups excluding carboxylic acids is 1. The molecular formula is C14H14N4O2S. The molecule has 108 valence electrons. The second kappa shape index (κ2) is 5.84. The van der Waals surface area contributed by atoms with Crippen LogP contribution in [0.25, 0.3) is 11.5 Å². The van der Waals surface area contributed by atoms with Crippen molar-refractivity contribution in [2.24, 2.45) is 7.05 Å². The van der Waals surface area contributed by atoms with E-state index in [1.165, 1.54) is 11.3 Å². The van der Waals surface area contributed by atoms with E-state index in [2.05, 4.69) is 15.7 Å². The number of carbonyl (C=O) groups is 1. The third kappa shape index (κ3) is 3.14. The summed E-state index contributed by atoms with van der Waals surface area (Å²) in [6.45, 7) is 0.353. The SMILES string of the molecule is Cn1nc(CNC(=O)Nc2cccs2)cc1-c1ccco1. The summed E-state index contributed by atoms with van der Waals surface area (Å²) in [5, 5.41) is 12.6. The van der Waals surface area contributed by atoms with Crippen molar-refractivity contribution in [3.63, 3.8) is 0 Å². The number of hydrogen-bond acceptors (Lipinski definition) is 4. The fourth-order valence-electron chi connectivity index (χ4n) is 1.94. The fraction of sp³-hybridized carbons (Fsp3) is 0.143. The van der Waals surface area contributed by atoms with Crippen LogP contribution in [0.3, 0.4) is 0 Å². The summed E-state index contributed by atoms with van der Waals surface area (Å²) in [6.07, 6.45) is 1.62. The molecule has 0 atom stereocenters. The number of aromatic nitrogens is 2. The molecule has 0 aliphatic heterocycles. The lowest BCUT2D eigenvalue weighted by atomic mass is 10.3. The lowest BCUT2D eigenvalue weighted by molar-refractivity contribution is 0.251. The Morgan fingerprint density at radius 1 is 1.43 bits per heavy atom. The molecule has 21 heavy (non-hydrogen) atoms. The zero-order valence-electron chi connectivity index (χ0n) is 11.4. The summed E-state index contributed by atoms with van der Waals surface area (Å²) in [6, 6.07) is 9.08. The average molecular weight is 302 g/mol. The number of furan rings is 1. The Kier molecular flexibility index (Phi) is 3.74. The van der Waals surface area contributed by atoms with E-state index in [1.54, 1.807) is 10.9 Å². The van der Waals surface area contributed by atoms with Gasteiger partial charge in [-0.25, -0.2) is 4.79 Å². The van der Waals surface area contributed by atoms with Gasteiger partial charge in [-0.3, -0.25) is 10.00 Å². The van der Waals surface area contributed by atoms with Crippen LogP contribution >= 0.6 is 11.3 Å². The van der Waals surface area contributed by atoms with Crippen LogP contribution in [0.15, 0.2) is 46.4 Å². The Morgan fingerprint density at radius 3 is 3.05 bits per heavy atom. The quantitative estimate of drug-likeness (QED) is 0.778. The molecule has 3 aromatic rings. The van der Waals surface area contributed by atoms with E-state index in [0.717, 1.165) is 22.1 Å². The third-order valence-electron chi connectivity index (χ3n) is 2.89. The van der Waals surface area contributed by atoms with Gasteiger partial charge in [0.25, 0.3) is 0 Å². The van der Waals surface area contributed by atoms with Crippen molar-refractivity contribution in [2.75, 3.05) is 5.32 Å². The first-order chi connectivity index (χ1) is 10.2. The van der Waals surface area contributed by atoms with Crippen molar-refractivity contribution in [1.29, 1.82) is 0 Å². The number of rotatable bonds is 4. The molecule has 0 saturated carbocycles. The normalized spacial score (nSPS) is 10.5. The highest BCUT2D eigenvalue weighted by Crippen LogP contribution is 2.20. The molecule has 7 heteroatoms. The highest BCUT2D eigenvalue weighted by Gasteiger charge is 2.10. The van der Waals surface area contributed by atoms with Gasteiger partial charge in [0.05, 0.1) is 23.5 Å². The first-order valence-corrected chi connectivity index (χ1v) is 7.25. The Hall–Kier alpha value is -2.54. The molecule has 0 bridgehead atoms. The minimum Gasteiger partial charge on any atom is -0.463 e. The zero-order chi connectivity index (χ0) is 14.7. The standard InChI is InChI=1S/C14H14N4O2S/c1-18-11(12-4-2-6-20-12)8-10(17-18)9-15-14(19)16-13-5-3-7-21-13/h2-8H,9H2,1H3,(H2,15,16,19). The fourth-order valence-corrected chi connectivity index (χ4v) is 2.56. The number of urea groups is 1. The maximum Gasteiger partial charge on any atom is 0.320 e. The molecule has 2 N–H and O–H groups in total. The number of amides is 2. The Morgan fingerprint density at radius 2 is 2.33 bits per heavy atom. The number of hydrogen-bond donors (Lipinski definition) is 2. The van der Waals surface area contributed by atoms with Crippen LogP contribution in [0.4, 0.5) is 9.80 Å². The van der Waals surface area contributed by atoms with Gasteiger partial charge in [0.2, 0.25) is 0 Å². The molecule has 0 aliphatic rings. The third-order valence-corrected chi connectivity index (χ3v) is 3.68. The molecule has 0 saturated heterocycles. The minimum atomic E-state index is -0.248. The van der Waals surface area contributed by atoms with Crippen LogP contribution in [0.2, 0.25) is 0 Å². The summed E-state index contributed by atoms with van der Waals surface area (Å²) >= 11 is 1.47. The highest BCUT2D eigenvalue weighted by molar-refractivity contribution is 7.14. The molecule has 0 unspecified atom stereocenters. The van der Waals surface area contributed by atoms with Gasteiger partial charge in [0.15, 0.2) is 5.76 Å². The van der Waals surface area contributed by atoms with Crippen molar-refractivity contribution in [3.8, 4) is 11.5 Å². The van der Waals surface area contributed by atoms with E-state index in [-0.39, 0.29) is 6.03 Å². The number of nitrogens with one attached hydrogen (secondary N) is 2. The van der Waals surface area contributed by atoms with Gasteiger partial charge < -0.3 is 9.73 Å². The number of thiophene rings is 1. The average Bonchev–Trinajstić information content (AvgIpc) is 3.17. The molecule has 0 fully saturated rings. The topological polar surface area (TPSA) is 72.1 Å². The van der Waals surface area contributed by atoms with E-state index in [4.69, 9.17) is 4.42 Å². The first-order valence-electron chi connectivity index (χ1n) is 6.37. The summed E-state index contributed by atoms with van der Waals surface area (Å²) < 4.78 is 7.08. The molecule has 6 nitrogen and oxygen atoms in total. The van der Waals surface area contributed by atoms with Crippen LogP contribution < -0.4 is 10.6 Å². The number of aryl methyl sites for hydroxylation is 1. The van der Waals surface area contributed by atoms with Gasteiger partial charge in [-0.05, 0) is 35.7 Å². The van der Waals surface area contributed by atoms with Crippen molar-refractivity contribution in [1.82, 2.24) is 15.1 Å². The molecule has 3 heterocycles. The van der Waals surface area contributed by atoms with Crippen molar-refractivity contribution in [3.05, 3.63) is 47.7 Å². The molecule has 0 aromatic carbocycles. The molecule has 3 rings (SSSR count). The van der Waals surface area contributed by atoms with Gasteiger partial charge in [-0.1, -0.05) is 0 Å². The van der Waals surface area contributed by atoms with Gasteiger partial charge in [-0.15, -0.1) is 11.3 Å². The van der Waals surface area contributed by atoms with Crippen molar-refractivity contribution < 1.29 is 9.21 Å². The molecular weight excluding hydrogens is 288 g/mol. The highest BCUT2D eigenvalue weighted by atomic mass is 32.1. The Balaban J connectivity index is 1.61. The van der Waals surface area contributed by atoms with Gasteiger partial charge in [-0.2, -0.15) is 5.10 Å². The van der Waals surface area contributed by atoms with Crippen LogP contribution in [0, 0.1) is 0 Å². The van der Waals surface area contributed by atoms with Crippen LogP contribution in [0.5, 0.6) is 0 Å². The van der Waals surface area contributed by atoms with E-state index < -0.39 is 0 Å². The minimum absolute atomic E-state index is 0.248. The predicted molar refractivity (Wildman–Crippen MR) is 81.1 cm³/mol. The van der Waals surface area contributed by atoms with Gasteiger partial charge >= 0.3 is 6.03 Å². The summed E-state index contributed by atoms with van der Waals surface area (Å²) in [4.78, 5) is 11.7. The summed E-state index contributed by atoms with van der Waals surface area (Å²) in [7, 11) is 1.84. The molecule has 0 radical (unpaired) electrons. The van der Waals surface area contributed by atoms with Crippen LogP contribution in [-0.4, -0.2) is 15.8 Å². The van der Waals surface area contributed by atoms with Crippen molar-refractivity contribution in [2.45, 2.75) is 6.54 Å². The Bertz CT molecular complexity index is 716. The Labute approximate surface area is 125 Å². The van der Waals surface area contributed by atoms with Crippen LogP contribution in [0.1, 0.15) is 5.69 Å². The smallest absolute Gasteiger partial charge is 0.320 e. The lowest BCUT2D eigenvalue weighted by Gasteiger charge is -2.03. The van der Waals surface area contributed by atoms with E-state index in [9.17, 15) is 4.79 Å². The van der Waals surface area contributed by atoms with Gasteiger partial charge in [0, 0.05) is 7.05 Å². The first kappa shape index (κ1) is 13.4. The second-order valence-electron chi connectivity index (χ2n) is 4.41. The number of nitrogens with zero attached hydrogens (tertiary/aromatic N) is 2. The van der Waals surface area contributed by atoms with E-state index in [1.807, 2.05) is 42.8 Å². The van der Waals surface area contributed by atoms with E-state index in [0.29, 0.717) is 6.54 Å². The second-order valence-corrected chi connectivity index (χ2v) is 5.35. The predicted octanol–water partition coefficient (Wildman–Crippen LogP) is 3.06. The summed E-state index contributed by atoms with van der Waals surface area (Å²) in [5.41, 5.74) is 1.64. The molecule has 3 aromatic heterocycles. The summed E-state index contributed by atoms with van der Waals surface area (Å²) in [5.74, 6) is 0.749. The zero-order valence-corrected chi connectivity index (χ0v) is 12.2. The van der Waals surface area contributed by atoms with Gasteiger partial charge in [0.1, 0.15) is 5.69 Å². The number of anilines is 1. The van der Waals surface area contributed by atoms with Crippen LogP contribution in [-0.2, 0) is 13.6 Å². The molecule has 0 spiro atoms. The van der Waals surface area contributed by atoms with E-state index >= 15 is 0 Å². The monoisotopic (exact) mass is 302 g/mol. The molecule has 2 amide bonds. The largest absolute Gasteiger partial charge is 0.463 e. The van der Waals surface area contributed by atoms with Crippen molar-refractivity contribution >= 4 is 22.4 Å².